The van der Waals surface area contributed by atoms with Crippen LogP contribution in [0.1, 0.15) is 30.5 Å². The van der Waals surface area contributed by atoms with Gasteiger partial charge in [-0.25, -0.2) is 0 Å². The lowest BCUT2D eigenvalue weighted by Gasteiger charge is -2.20. The minimum atomic E-state index is -0.610. The predicted octanol–water partition coefficient (Wildman–Crippen LogP) is 3.52. The lowest BCUT2D eigenvalue weighted by molar-refractivity contribution is -0.130. The van der Waals surface area contributed by atoms with E-state index in [0.29, 0.717) is 13.0 Å². The van der Waals surface area contributed by atoms with Gasteiger partial charge in [0.1, 0.15) is 6.04 Å². The second kappa shape index (κ2) is 9.41. The predicted molar refractivity (Wildman–Crippen MR) is 117 cm³/mol. The van der Waals surface area contributed by atoms with Crippen molar-refractivity contribution in [2.24, 2.45) is 5.92 Å². The normalized spacial score (nSPS) is 12.1. The quantitative estimate of drug-likeness (QED) is 0.550. The lowest BCUT2D eigenvalue weighted by atomic mass is 10.0. The number of hydrogen-bond donors (Lipinski definition) is 3. The number of nitrogens with one attached hydrogen (secondary N) is 3. The van der Waals surface area contributed by atoms with Gasteiger partial charge in [0, 0.05) is 36.0 Å². The van der Waals surface area contributed by atoms with Crippen LogP contribution >= 0.6 is 0 Å². The van der Waals surface area contributed by atoms with E-state index in [9.17, 15) is 9.59 Å². The largest absolute Gasteiger partial charge is 0.361 e. The summed E-state index contributed by atoms with van der Waals surface area (Å²) < 4.78 is 0. The summed E-state index contributed by atoms with van der Waals surface area (Å²) in [5.41, 5.74) is 4.47. The van der Waals surface area contributed by atoms with Crippen molar-refractivity contribution < 1.29 is 9.59 Å². The standard InChI is InChI=1S/C24H29N3O2/c1-16(2)23(28)27-22(14-19-15-26-21-11-7-6-10-20(19)21)24(29)25-13-12-18-9-5-4-8-17(18)3/h4-11,15-16,22,26H,12-14H2,1-3H3,(H,25,29)(H,27,28). The number of amides is 2. The highest BCUT2D eigenvalue weighted by Crippen LogP contribution is 2.19. The molecule has 0 saturated carbocycles. The number of H-pyrrole nitrogens is 1. The van der Waals surface area contributed by atoms with Crippen LogP contribution < -0.4 is 10.6 Å². The molecular weight excluding hydrogens is 362 g/mol. The van der Waals surface area contributed by atoms with Crippen molar-refractivity contribution in [3.05, 3.63) is 71.4 Å². The number of benzene rings is 2. The van der Waals surface area contributed by atoms with Gasteiger partial charge in [0.05, 0.1) is 0 Å². The van der Waals surface area contributed by atoms with Crippen LogP contribution in [0, 0.1) is 12.8 Å². The van der Waals surface area contributed by atoms with Gasteiger partial charge < -0.3 is 15.6 Å². The highest BCUT2D eigenvalue weighted by Gasteiger charge is 2.23. The van der Waals surface area contributed by atoms with Crippen LogP contribution in [-0.2, 0) is 22.4 Å². The number of carbonyl (C=O) groups is 2. The van der Waals surface area contributed by atoms with E-state index in [1.165, 1.54) is 11.1 Å². The Bertz CT molecular complexity index is 990. The molecule has 152 valence electrons. The third-order valence-electron chi connectivity index (χ3n) is 5.21. The van der Waals surface area contributed by atoms with Crippen LogP contribution in [0.4, 0.5) is 0 Å². The summed E-state index contributed by atoms with van der Waals surface area (Å²) in [6, 6.07) is 15.5. The third kappa shape index (κ3) is 5.25. The number of carbonyl (C=O) groups excluding carboxylic acids is 2. The molecule has 3 N–H and O–H groups in total. The Morgan fingerprint density at radius 2 is 1.69 bits per heavy atom. The number of para-hydroxylation sites is 1. The average Bonchev–Trinajstić information content (AvgIpc) is 3.11. The molecule has 2 amide bonds. The van der Waals surface area contributed by atoms with Crippen molar-refractivity contribution >= 4 is 22.7 Å². The Kier molecular flexibility index (Phi) is 6.70. The fourth-order valence-electron chi connectivity index (χ4n) is 3.40. The van der Waals surface area contributed by atoms with Crippen molar-refractivity contribution in [3.63, 3.8) is 0 Å². The number of aromatic amines is 1. The molecule has 0 aliphatic heterocycles. The Morgan fingerprint density at radius 3 is 2.45 bits per heavy atom. The topological polar surface area (TPSA) is 74.0 Å². The zero-order valence-corrected chi connectivity index (χ0v) is 17.3. The average molecular weight is 392 g/mol. The first kappa shape index (κ1) is 20.6. The summed E-state index contributed by atoms with van der Waals surface area (Å²) in [5.74, 6) is -0.456. The summed E-state index contributed by atoms with van der Waals surface area (Å²) >= 11 is 0. The van der Waals surface area contributed by atoms with E-state index in [1.54, 1.807) is 0 Å². The van der Waals surface area contributed by atoms with Gasteiger partial charge in [-0.3, -0.25) is 9.59 Å². The summed E-state index contributed by atoms with van der Waals surface area (Å²) in [4.78, 5) is 28.4. The zero-order chi connectivity index (χ0) is 20.8. The highest BCUT2D eigenvalue weighted by molar-refractivity contribution is 5.90. The number of fused-ring (bicyclic) bond motifs is 1. The van der Waals surface area contributed by atoms with Gasteiger partial charge in [0.15, 0.2) is 0 Å². The second-order valence-electron chi connectivity index (χ2n) is 7.75. The van der Waals surface area contributed by atoms with Crippen LogP contribution in [0.15, 0.2) is 54.7 Å². The van der Waals surface area contributed by atoms with Crippen molar-refractivity contribution in [1.29, 1.82) is 0 Å². The molecule has 0 aliphatic rings. The van der Waals surface area contributed by atoms with Crippen molar-refractivity contribution in [2.75, 3.05) is 6.54 Å². The van der Waals surface area contributed by atoms with Crippen LogP contribution in [0.5, 0.6) is 0 Å². The molecule has 0 aliphatic carbocycles. The smallest absolute Gasteiger partial charge is 0.242 e. The fourth-order valence-corrected chi connectivity index (χ4v) is 3.40. The molecule has 1 aromatic heterocycles. The SMILES string of the molecule is Cc1ccccc1CCNC(=O)C(Cc1c[nH]c2ccccc12)NC(=O)C(C)C. The maximum atomic E-state index is 12.9. The summed E-state index contributed by atoms with van der Waals surface area (Å²) in [6.07, 6.45) is 3.12. The molecule has 0 spiro atoms. The van der Waals surface area contributed by atoms with E-state index in [0.717, 1.165) is 22.9 Å². The molecule has 1 heterocycles. The van der Waals surface area contributed by atoms with Gasteiger partial charge in [0.25, 0.3) is 0 Å². The second-order valence-corrected chi connectivity index (χ2v) is 7.75. The molecule has 0 fully saturated rings. The summed E-state index contributed by atoms with van der Waals surface area (Å²) in [7, 11) is 0. The van der Waals surface area contributed by atoms with Crippen LogP contribution in [0.3, 0.4) is 0 Å². The van der Waals surface area contributed by atoms with Gasteiger partial charge in [-0.15, -0.1) is 0 Å². The molecule has 1 atom stereocenters. The number of aryl methyl sites for hydroxylation is 1. The van der Waals surface area contributed by atoms with Crippen LogP contribution in [-0.4, -0.2) is 29.4 Å². The van der Waals surface area contributed by atoms with Gasteiger partial charge in [-0.2, -0.15) is 0 Å². The number of rotatable bonds is 8. The van der Waals surface area contributed by atoms with E-state index in [-0.39, 0.29) is 17.7 Å². The van der Waals surface area contributed by atoms with E-state index < -0.39 is 6.04 Å². The van der Waals surface area contributed by atoms with Gasteiger partial charge in [-0.05, 0) is 36.1 Å². The van der Waals surface area contributed by atoms with Crippen LogP contribution in [0.25, 0.3) is 10.9 Å². The first-order valence-corrected chi connectivity index (χ1v) is 10.1. The third-order valence-corrected chi connectivity index (χ3v) is 5.21. The number of hydrogen-bond acceptors (Lipinski definition) is 2. The first-order chi connectivity index (χ1) is 14.0. The van der Waals surface area contributed by atoms with Crippen molar-refractivity contribution in [2.45, 2.75) is 39.7 Å². The molecule has 1 unspecified atom stereocenters. The maximum Gasteiger partial charge on any atom is 0.242 e. The molecule has 0 radical (unpaired) electrons. The van der Waals surface area contributed by atoms with Gasteiger partial charge in [-0.1, -0.05) is 56.3 Å². The van der Waals surface area contributed by atoms with Crippen LogP contribution in [0.2, 0.25) is 0 Å². The fraction of sp³-hybridized carbons (Fsp3) is 0.333. The Labute approximate surface area is 171 Å². The molecule has 3 rings (SSSR count). The molecule has 2 aromatic carbocycles. The van der Waals surface area contributed by atoms with E-state index in [2.05, 4.69) is 34.7 Å². The molecule has 3 aromatic rings. The van der Waals surface area contributed by atoms with Gasteiger partial charge >= 0.3 is 0 Å². The van der Waals surface area contributed by atoms with Crippen molar-refractivity contribution in [1.82, 2.24) is 15.6 Å². The Hall–Kier alpha value is -3.08. The minimum Gasteiger partial charge on any atom is -0.361 e. The summed E-state index contributed by atoms with van der Waals surface area (Å²) in [5, 5.41) is 6.99. The molecule has 5 heteroatoms. The molecular formula is C24H29N3O2. The summed E-state index contributed by atoms with van der Waals surface area (Å²) in [6.45, 7) is 6.26. The zero-order valence-electron chi connectivity index (χ0n) is 17.3. The number of aromatic nitrogens is 1. The highest BCUT2D eigenvalue weighted by atomic mass is 16.2. The lowest BCUT2D eigenvalue weighted by Crippen LogP contribution is -2.49. The molecule has 29 heavy (non-hydrogen) atoms. The minimum absolute atomic E-state index is 0.121. The monoisotopic (exact) mass is 391 g/mol. The maximum absolute atomic E-state index is 12.9. The Balaban J connectivity index is 1.69. The Morgan fingerprint density at radius 1 is 0.966 bits per heavy atom. The van der Waals surface area contributed by atoms with E-state index in [4.69, 9.17) is 0 Å². The van der Waals surface area contributed by atoms with E-state index >= 15 is 0 Å². The van der Waals surface area contributed by atoms with Crippen molar-refractivity contribution in [3.8, 4) is 0 Å². The molecule has 0 saturated heterocycles. The van der Waals surface area contributed by atoms with E-state index in [1.807, 2.05) is 56.4 Å². The first-order valence-electron chi connectivity index (χ1n) is 10.1. The molecule has 0 bridgehead atoms. The van der Waals surface area contributed by atoms with Gasteiger partial charge in [0.2, 0.25) is 11.8 Å². The molecule has 5 nitrogen and oxygen atoms in total.